The predicted octanol–water partition coefficient (Wildman–Crippen LogP) is 3.43. The van der Waals surface area contributed by atoms with E-state index in [0.29, 0.717) is 0 Å². The van der Waals surface area contributed by atoms with E-state index in [-0.39, 0.29) is 0 Å². The summed E-state index contributed by atoms with van der Waals surface area (Å²) in [6.45, 7) is 7.07. The Hall–Kier alpha value is 0. The van der Waals surface area contributed by atoms with E-state index in [0.717, 1.165) is 11.8 Å². The highest BCUT2D eigenvalue weighted by atomic mass is 14.2. The molecule has 0 heterocycles. The molecule has 10 heavy (non-hydrogen) atoms. The van der Waals surface area contributed by atoms with Crippen LogP contribution in [0.3, 0.4) is 0 Å². The lowest BCUT2D eigenvalue weighted by Crippen LogP contribution is -2.04. The topological polar surface area (TPSA) is 0 Å². The standard InChI is InChI=1S/C10H19/c1-8-5-4-6-9(2)10(3)7-8/h8-9H,4-7H2,1-3H3. The molecule has 0 aliphatic heterocycles. The van der Waals surface area contributed by atoms with Crippen molar-refractivity contribution in [2.75, 3.05) is 0 Å². The van der Waals surface area contributed by atoms with Gasteiger partial charge in [-0.3, -0.25) is 0 Å². The number of hydrogen-bond donors (Lipinski definition) is 0. The van der Waals surface area contributed by atoms with Gasteiger partial charge in [-0.05, 0) is 24.2 Å². The third-order valence-corrected chi connectivity index (χ3v) is 2.85. The molecule has 0 bridgehead atoms. The quantitative estimate of drug-likeness (QED) is 0.451. The third kappa shape index (κ3) is 2.00. The molecule has 0 N–H and O–H groups in total. The molecule has 0 aromatic carbocycles. The summed E-state index contributed by atoms with van der Waals surface area (Å²) in [6.07, 6.45) is 5.69. The van der Waals surface area contributed by atoms with Gasteiger partial charge in [-0.25, -0.2) is 0 Å². The fraction of sp³-hybridized carbons (Fsp3) is 0.900. The Bertz CT molecular complexity index is 96.2. The summed E-state index contributed by atoms with van der Waals surface area (Å²) >= 11 is 0. The maximum absolute atomic E-state index is 2.38. The molecule has 0 aromatic heterocycles. The van der Waals surface area contributed by atoms with Crippen molar-refractivity contribution in [1.29, 1.82) is 0 Å². The molecule has 1 aliphatic carbocycles. The maximum Gasteiger partial charge on any atom is -0.0241 e. The highest BCUT2D eigenvalue weighted by Crippen LogP contribution is 2.32. The van der Waals surface area contributed by atoms with Crippen molar-refractivity contribution >= 4 is 0 Å². The van der Waals surface area contributed by atoms with Crippen LogP contribution in [0.25, 0.3) is 0 Å². The van der Waals surface area contributed by atoms with E-state index in [9.17, 15) is 0 Å². The first-order valence-corrected chi connectivity index (χ1v) is 4.52. The van der Waals surface area contributed by atoms with E-state index in [1.165, 1.54) is 25.7 Å². The molecule has 1 rings (SSSR count). The van der Waals surface area contributed by atoms with Crippen LogP contribution in [-0.2, 0) is 0 Å². The monoisotopic (exact) mass is 139 g/mol. The van der Waals surface area contributed by atoms with Crippen LogP contribution >= 0.6 is 0 Å². The van der Waals surface area contributed by atoms with Crippen molar-refractivity contribution in [2.45, 2.75) is 46.5 Å². The van der Waals surface area contributed by atoms with Gasteiger partial charge in [0.15, 0.2) is 0 Å². The lowest BCUT2D eigenvalue weighted by atomic mass is 9.89. The Morgan fingerprint density at radius 2 is 1.90 bits per heavy atom. The average molecular weight is 139 g/mol. The normalized spacial score (nSPS) is 37.5. The van der Waals surface area contributed by atoms with Crippen LogP contribution in [0.1, 0.15) is 46.5 Å². The summed E-state index contributed by atoms with van der Waals surface area (Å²) in [6, 6.07) is 0. The van der Waals surface area contributed by atoms with Crippen LogP contribution < -0.4 is 0 Å². The van der Waals surface area contributed by atoms with E-state index < -0.39 is 0 Å². The molecule has 2 unspecified atom stereocenters. The maximum atomic E-state index is 2.38. The molecule has 1 aliphatic rings. The molecule has 0 saturated heterocycles. The molecule has 0 heteroatoms. The van der Waals surface area contributed by atoms with Gasteiger partial charge in [-0.15, -0.1) is 0 Å². The van der Waals surface area contributed by atoms with Crippen LogP contribution in [0.15, 0.2) is 0 Å². The van der Waals surface area contributed by atoms with Gasteiger partial charge >= 0.3 is 0 Å². The molecule has 1 radical (unpaired) electrons. The van der Waals surface area contributed by atoms with E-state index in [2.05, 4.69) is 20.8 Å². The molecule has 0 spiro atoms. The lowest BCUT2D eigenvalue weighted by Gasteiger charge is -2.16. The summed E-state index contributed by atoms with van der Waals surface area (Å²) in [5, 5.41) is 0. The highest BCUT2D eigenvalue weighted by Gasteiger charge is 2.19. The fourth-order valence-electron chi connectivity index (χ4n) is 1.87. The minimum atomic E-state index is 0.893. The number of hydrogen-bond acceptors (Lipinski definition) is 0. The van der Waals surface area contributed by atoms with Gasteiger partial charge in [0, 0.05) is 0 Å². The molecule has 1 fully saturated rings. The van der Waals surface area contributed by atoms with E-state index in [1.807, 2.05) is 0 Å². The third-order valence-electron chi connectivity index (χ3n) is 2.85. The average Bonchev–Trinajstić information content (AvgIpc) is 1.96. The van der Waals surface area contributed by atoms with Crippen molar-refractivity contribution < 1.29 is 0 Å². The zero-order valence-electron chi connectivity index (χ0n) is 7.48. The Morgan fingerprint density at radius 1 is 1.20 bits per heavy atom. The number of rotatable bonds is 0. The van der Waals surface area contributed by atoms with Gasteiger partial charge in [0.2, 0.25) is 0 Å². The predicted molar refractivity (Wildman–Crippen MR) is 45.7 cm³/mol. The summed E-state index contributed by atoms with van der Waals surface area (Å²) in [7, 11) is 0. The Morgan fingerprint density at radius 3 is 2.60 bits per heavy atom. The summed E-state index contributed by atoms with van der Waals surface area (Å²) in [4.78, 5) is 0. The zero-order valence-corrected chi connectivity index (χ0v) is 7.48. The first kappa shape index (κ1) is 8.10. The van der Waals surface area contributed by atoms with Gasteiger partial charge in [0.1, 0.15) is 0 Å². The SMILES string of the molecule is C[C]1CC(C)CCCC1C. The molecule has 0 aromatic rings. The molecule has 2 atom stereocenters. The van der Waals surface area contributed by atoms with Crippen LogP contribution in [0.4, 0.5) is 0 Å². The summed E-state index contributed by atoms with van der Waals surface area (Å²) in [5.74, 6) is 3.57. The van der Waals surface area contributed by atoms with Gasteiger partial charge in [0.05, 0.1) is 0 Å². The minimum Gasteiger partial charge on any atom is -0.0625 e. The van der Waals surface area contributed by atoms with Crippen molar-refractivity contribution in [3.05, 3.63) is 5.92 Å². The summed E-state index contributed by atoms with van der Waals surface area (Å²) in [5.41, 5.74) is 0. The van der Waals surface area contributed by atoms with Crippen molar-refractivity contribution in [1.82, 2.24) is 0 Å². The Balaban J connectivity index is 2.41. The first-order chi connectivity index (χ1) is 4.70. The smallest absolute Gasteiger partial charge is 0.0241 e. The second-order valence-electron chi connectivity index (χ2n) is 3.99. The van der Waals surface area contributed by atoms with Crippen molar-refractivity contribution in [3.8, 4) is 0 Å². The van der Waals surface area contributed by atoms with Crippen LogP contribution in [-0.4, -0.2) is 0 Å². The fourth-order valence-corrected chi connectivity index (χ4v) is 1.87. The molecular weight excluding hydrogens is 120 g/mol. The molecule has 59 valence electrons. The molecular formula is C10H19. The minimum absolute atomic E-state index is 0.893. The van der Waals surface area contributed by atoms with Crippen LogP contribution in [0.5, 0.6) is 0 Å². The van der Waals surface area contributed by atoms with Crippen molar-refractivity contribution in [2.24, 2.45) is 11.8 Å². The first-order valence-electron chi connectivity index (χ1n) is 4.52. The van der Waals surface area contributed by atoms with E-state index >= 15 is 0 Å². The molecule has 0 nitrogen and oxygen atoms in total. The molecule has 0 amide bonds. The highest BCUT2D eigenvalue weighted by molar-refractivity contribution is 4.93. The van der Waals surface area contributed by atoms with Gasteiger partial charge in [0.25, 0.3) is 0 Å². The van der Waals surface area contributed by atoms with Crippen molar-refractivity contribution in [3.63, 3.8) is 0 Å². The van der Waals surface area contributed by atoms with Crippen LogP contribution in [0.2, 0.25) is 0 Å². The summed E-state index contributed by atoms with van der Waals surface area (Å²) < 4.78 is 0. The lowest BCUT2D eigenvalue weighted by molar-refractivity contribution is 0.512. The van der Waals surface area contributed by atoms with E-state index in [4.69, 9.17) is 0 Å². The second-order valence-corrected chi connectivity index (χ2v) is 3.99. The zero-order chi connectivity index (χ0) is 7.56. The largest absolute Gasteiger partial charge is 0.0625 e. The van der Waals surface area contributed by atoms with E-state index in [1.54, 1.807) is 5.92 Å². The second kappa shape index (κ2) is 3.41. The Labute approximate surface area is 65.0 Å². The van der Waals surface area contributed by atoms with Gasteiger partial charge in [-0.2, -0.15) is 0 Å². The Kier molecular flexibility index (Phi) is 2.76. The van der Waals surface area contributed by atoms with Gasteiger partial charge < -0.3 is 0 Å². The molecule has 1 saturated carbocycles. The van der Waals surface area contributed by atoms with Gasteiger partial charge in [-0.1, -0.05) is 40.0 Å². The van der Waals surface area contributed by atoms with Crippen LogP contribution in [0, 0.1) is 17.8 Å².